The number of rotatable bonds is 6. The average molecular weight is 443 g/mol. The minimum atomic E-state index is -0.436. The zero-order valence-electron chi connectivity index (χ0n) is 19.9. The molecule has 3 atom stereocenters. The summed E-state index contributed by atoms with van der Waals surface area (Å²) in [6.45, 7) is 12.7. The van der Waals surface area contributed by atoms with Crippen LogP contribution in [0.1, 0.15) is 66.4 Å². The lowest BCUT2D eigenvalue weighted by atomic mass is 9.92. The molecule has 0 bridgehead atoms. The summed E-state index contributed by atoms with van der Waals surface area (Å²) in [4.78, 5) is 30.2. The van der Waals surface area contributed by atoms with Crippen LogP contribution in [-0.2, 0) is 6.54 Å². The van der Waals surface area contributed by atoms with Gasteiger partial charge in [0, 0.05) is 53.7 Å². The highest BCUT2D eigenvalue weighted by atomic mass is 19.1. The van der Waals surface area contributed by atoms with Crippen LogP contribution in [0.2, 0.25) is 0 Å². The fourth-order valence-corrected chi connectivity index (χ4v) is 4.98. The number of carbonyl (C=O) groups is 1. The van der Waals surface area contributed by atoms with Crippen LogP contribution in [-0.4, -0.2) is 35.6 Å². The summed E-state index contributed by atoms with van der Waals surface area (Å²) in [5.41, 5.74) is 3.68. The third-order valence-electron chi connectivity index (χ3n) is 6.42. The first-order chi connectivity index (χ1) is 15.1. The normalized spacial score (nSPS) is 20.8. The van der Waals surface area contributed by atoms with Crippen molar-refractivity contribution in [2.24, 2.45) is 0 Å². The molecule has 3 N–H and O–H groups in total. The third-order valence-corrected chi connectivity index (χ3v) is 6.42. The van der Waals surface area contributed by atoms with Crippen molar-refractivity contribution in [3.63, 3.8) is 0 Å². The first-order valence-electron chi connectivity index (χ1n) is 11.4. The molecule has 1 aliphatic heterocycles. The number of aromatic nitrogens is 1. The van der Waals surface area contributed by atoms with Crippen LogP contribution < -0.4 is 21.1 Å². The lowest BCUT2D eigenvalue weighted by Gasteiger charge is -2.41. The third kappa shape index (κ3) is 5.21. The summed E-state index contributed by atoms with van der Waals surface area (Å²) in [6.07, 6.45) is 1.93. The van der Waals surface area contributed by atoms with Gasteiger partial charge in [0.1, 0.15) is 5.82 Å². The van der Waals surface area contributed by atoms with Crippen molar-refractivity contribution in [2.75, 3.05) is 11.4 Å². The van der Waals surface area contributed by atoms with Gasteiger partial charge in [-0.3, -0.25) is 9.59 Å². The number of carbonyl (C=O) groups excluding carboxylic acids is 1. The molecular weight excluding hydrogens is 407 g/mol. The van der Waals surface area contributed by atoms with Crippen LogP contribution >= 0.6 is 0 Å². The van der Waals surface area contributed by atoms with Gasteiger partial charge in [-0.15, -0.1) is 0 Å². The van der Waals surface area contributed by atoms with Crippen molar-refractivity contribution in [3.8, 4) is 0 Å². The van der Waals surface area contributed by atoms with E-state index in [9.17, 15) is 14.0 Å². The smallest absolute Gasteiger partial charge is 0.253 e. The van der Waals surface area contributed by atoms with Gasteiger partial charge in [-0.25, -0.2) is 4.39 Å². The minimum absolute atomic E-state index is 0.0897. The molecule has 3 rings (SSSR count). The van der Waals surface area contributed by atoms with Crippen LogP contribution in [0.25, 0.3) is 0 Å². The number of nitrogens with zero attached hydrogens (tertiary/aromatic N) is 1. The molecular formula is C25H35FN4O2. The molecule has 1 aromatic carbocycles. The maximum Gasteiger partial charge on any atom is 0.253 e. The second kappa shape index (κ2) is 9.86. The van der Waals surface area contributed by atoms with Crippen molar-refractivity contribution in [2.45, 2.75) is 79.1 Å². The predicted octanol–water partition coefficient (Wildman–Crippen LogP) is 3.72. The zero-order valence-corrected chi connectivity index (χ0v) is 19.9. The van der Waals surface area contributed by atoms with Crippen molar-refractivity contribution in [3.05, 3.63) is 62.3 Å². The molecule has 6 nitrogen and oxygen atoms in total. The Kier molecular flexibility index (Phi) is 7.39. The molecule has 1 amide bonds. The second-order valence-corrected chi connectivity index (χ2v) is 9.10. The molecule has 2 aromatic rings. The molecule has 1 aliphatic rings. The maximum atomic E-state index is 14.6. The molecule has 1 saturated heterocycles. The Morgan fingerprint density at radius 3 is 2.41 bits per heavy atom. The number of halogens is 1. The summed E-state index contributed by atoms with van der Waals surface area (Å²) in [6, 6.07) is 5.71. The quantitative estimate of drug-likeness (QED) is 0.637. The van der Waals surface area contributed by atoms with Gasteiger partial charge < -0.3 is 20.5 Å². The average Bonchev–Trinajstić information content (AvgIpc) is 2.69. The van der Waals surface area contributed by atoms with Gasteiger partial charge in [0.2, 0.25) is 0 Å². The Bertz CT molecular complexity index is 1040. The van der Waals surface area contributed by atoms with Crippen LogP contribution in [0.3, 0.4) is 0 Å². The van der Waals surface area contributed by atoms with Crippen molar-refractivity contribution in [1.29, 1.82) is 0 Å². The molecule has 0 saturated carbocycles. The highest BCUT2D eigenvalue weighted by molar-refractivity contribution is 5.97. The van der Waals surface area contributed by atoms with Crippen molar-refractivity contribution >= 4 is 11.6 Å². The van der Waals surface area contributed by atoms with Gasteiger partial charge in [-0.1, -0.05) is 0 Å². The van der Waals surface area contributed by atoms with Crippen LogP contribution in [0.5, 0.6) is 0 Å². The molecule has 1 fully saturated rings. The second-order valence-electron chi connectivity index (χ2n) is 9.10. The van der Waals surface area contributed by atoms with Crippen molar-refractivity contribution < 1.29 is 9.18 Å². The Labute approximate surface area is 189 Å². The monoisotopic (exact) mass is 442 g/mol. The van der Waals surface area contributed by atoms with E-state index in [2.05, 4.69) is 41.3 Å². The number of piperidine rings is 1. The van der Waals surface area contributed by atoms with Gasteiger partial charge >= 0.3 is 0 Å². The lowest BCUT2D eigenvalue weighted by molar-refractivity contribution is 0.0949. The Morgan fingerprint density at radius 1 is 1.16 bits per heavy atom. The Hall–Kier alpha value is -2.67. The van der Waals surface area contributed by atoms with Crippen LogP contribution in [0, 0.1) is 26.6 Å². The molecule has 0 aliphatic carbocycles. The number of benzene rings is 1. The topological polar surface area (TPSA) is 77.2 Å². The molecule has 2 heterocycles. The number of aryl methyl sites for hydroxylation is 2. The van der Waals surface area contributed by atoms with E-state index in [1.165, 1.54) is 12.1 Å². The number of H-pyrrole nitrogens is 1. The Morgan fingerprint density at radius 2 is 1.81 bits per heavy atom. The SMILES string of the molecule is CCN(c1cc(F)cc(C(=O)NCc2c(C)cc(C)[nH]c2=O)c1C)C1CC(C)N[C@H](C)C1. The molecule has 2 unspecified atom stereocenters. The molecule has 0 spiro atoms. The van der Waals surface area contributed by atoms with Gasteiger partial charge in [-0.05, 0) is 83.7 Å². The fraction of sp³-hybridized carbons (Fsp3) is 0.520. The largest absolute Gasteiger partial charge is 0.368 e. The predicted molar refractivity (Wildman–Crippen MR) is 127 cm³/mol. The van der Waals surface area contributed by atoms with Gasteiger partial charge in [0.25, 0.3) is 11.5 Å². The first kappa shape index (κ1) is 24.0. The van der Waals surface area contributed by atoms with E-state index in [0.717, 1.165) is 41.9 Å². The lowest BCUT2D eigenvalue weighted by Crippen LogP contribution is -2.51. The van der Waals surface area contributed by atoms with E-state index in [1.54, 1.807) is 0 Å². The highest BCUT2D eigenvalue weighted by Gasteiger charge is 2.29. The molecule has 174 valence electrons. The van der Waals surface area contributed by atoms with Crippen LogP contribution in [0.15, 0.2) is 23.0 Å². The molecule has 32 heavy (non-hydrogen) atoms. The highest BCUT2D eigenvalue weighted by Crippen LogP contribution is 2.30. The summed E-state index contributed by atoms with van der Waals surface area (Å²) in [5.74, 6) is -0.820. The fourth-order valence-electron chi connectivity index (χ4n) is 4.98. The van der Waals surface area contributed by atoms with E-state index < -0.39 is 5.82 Å². The van der Waals surface area contributed by atoms with Crippen molar-refractivity contribution in [1.82, 2.24) is 15.6 Å². The van der Waals surface area contributed by atoms with E-state index >= 15 is 0 Å². The van der Waals surface area contributed by atoms with E-state index in [-0.39, 0.29) is 24.1 Å². The maximum absolute atomic E-state index is 14.6. The van der Waals surface area contributed by atoms with E-state index in [4.69, 9.17) is 0 Å². The van der Waals surface area contributed by atoms with Crippen LogP contribution in [0.4, 0.5) is 10.1 Å². The number of pyridine rings is 1. The van der Waals surface area contributed by atoms with Gasteiger partial charge in [0.15, 0.2) is 0 Å². The van der Waals surface area contributed by atoms with Gasteiger partial charge in [0.05, 0.1) is 0 Å². The first-order valence-corrected chi connectivity index (χ1v) is 11.4. The Balaban J connectivity index is 1.87. The summed E-state index contributed by atoms with van der Waals surface area (Å²) < 4.78 is 14.6. The summed E-state index contributed by atoms with van der Waals surface area (Å²) in [7, 11) is 0. The van der Waals surface area contributed by atoms with Gasteiger partial charge in [-0.2, -0.15) is 0 Å². The standard InChI is InChI=1S/C25H35FN4O2/c1-7-30(20-9-16(4)28-17(5)10-20)23-12-19(26)11-21(18(23)6)24(31)27-13-22-14(2)8-15(3)29-25(22)32/h8,11-12,16-17,20,28H,7,9-10,13H2,1-6H3,(H,27,31)(H,29,32)/t16-,17?,20?/m1/s1. The van der Waals surface area contributed by atoms with E-state index in [0.29, 0.717) is 23.2 Å². The minimum Gasteiger partial charge on any atom is -0.368 e. The molecule has 0 radical (unpaired) electrons. The summed E-state index contributed by atoms with van der Waals surface area (Å²) in [5, 5.41) is 6.36. The molecule has 7 heteroatoms. The number of anilines is 1. The van der Waals surface area contributed by atoms with E-state index in [1.807, 2.05) is 26.8 Å². The number of hydrogen-bond donors (Lipinski definition) is 3. The summed E-state index contributed by atoms with van der Waals surface area (Å²) >= 11 is 0. The number of nitrogens with one attached hydrogen (secondary N) is 3. The number of amides is 1. The molecule has 1 aromatic heterocycles. The number of hydrogen-bond acceptors (Lipinski definition) is 4. The zero-order chi connectivity index (χ0) is 23.6. The number of aromatic amines is 1.